The number of halogens is 1. The molecule has 0 saturated carbocycles. The topological polar surface area (TPSA) is 48.1 Å². The molecule has 0 spiro atoms. The van der Waals surface area contributed by atoms with E-state index < -0.39 is 6.04 Å². The summed E-state index contributed by atoms with van der Waals surface area (Å²) in [5.41, 5.74) is 6.67. The molecule has 16 heavy (non-hydrogen) atoms. The van der Waals surface area contributed by atoms with Gasteiger partial charge in [-0.3, -0.25) is 4.98 Å². The molecule has 84 valence electrons. The van der Waals surface area contributed by atoms with E-state index in [1.54, 1.807) is 13.3 Å². The van der Waals surface area contributed by atoms with Gasteiger partial charge in [-0.2, -0.15) is 0 Å². The summed E-state index contributed by atoms with van der Waals surface area (Å²) < 4.78 is 18.2. The van der Waals surface area contributed by atoms with E-state index in [0.717, 1.165) is 16.8 Å². The third-order valence-electron chi connectivity index (χ3n) is 2.24. The van der Waals surface area contributed by atoms with Crippen molar-refractivity contribution in [2.75, 3.05) is 7.11 Å². The minimum absolute atomic E-state index is 0.386. The lowest BCUT2D eigenvalue weighted by molar-refractivity contribution is 0.410. The van der Waals surface area contributed by atoms with Crippen LogP contribution in [-0.4, -0.2) is 12.1 Å². The molecule has 2 aromatic heterocycles. The first-order valence-corrected chi connectivity index (χ1v) is 5.57. The van der Waals surface area contributed by atoms with Gasteiger partial charge in [0.25, 0.3) is 0 Å². The van der Waals surface area contributed by atoms with E-state index in [2.05, 4.69) is 4.98 Å². The van der Waals surface area contributed by atoms with Crippen LogP contribution < -0.4 is 10.5 Å². The van der Waals surface area contributed by atoms with Crippen molar-refractivity contribution >= 4 is 11.3 Å². The minimum atomic E-state index is -0.404. The molecule has 1 atom stereocenters. The van der Waals surface area contributed by atoms with E-state index in [-0.39, 0.29) is 5.82 Å². The second-order valence-corrected chi connectivity index (χ2v) is 4.22. The summed E-state index contributed by atoms with van der Waals surface area (Å²) in [5.74, 6) is 0.338. The molecule has 0 fully saturated rings. The van der Waals surface area contributed by atoms with Gasteiger partial charge in [-0.1, -0.05) is 0 Å². The highest BCUT2D eigenvalue weighted by atomic mass is 32.1. The van der Waals surface area contributed by atoms with E-state index in [4.69, 9.17) is 10.5 Å². The maximum absolute atomic E-state index is 13.0. The van der Waals surface area contributed by atoms with Crippen molar-refractivity contribution in [3.63, 3.8) is 0 Å². The SMILES string of the molecule is COc1ccsc1C(N)c1cncc(F)c1. The van der Waals surface area contributed by atoms with Crippen molar-refractivity contribution < 1.29 is 9.13 Å². The van der Waals surface area contributed by atoms with Gasteiger partial charge in [-0.05, 0) is 23.1 Å². The Morgan fingerprint density at radius 3 is 3.00 bits per heavy atom. The molecule has 0 aliphatic heterocycles. The van der Waals surface area contributed by atoms with Crippen LogP contribution in [-0.2, 0) is 0 Å². The monoisotopic (exact) mass is 238 g/mol. The molecule has 1 unspecified atom stereocenters. The number of pyridine rings is 1. The number of methoxy groups -OCH3 is 1. The largest absolute Gasteiger partial charge is 0.496 e. The van der Waals surface area contributed by atoms with Crippen LogP contribution in [0.25, 0.3) is 0 Å². The smallest absolute Gasteiger partial charge is 0.141 e. The Hall–Kier alpha value is -1.46. The van der Waals surface area contributed by atoms with Gasteiger partial charge in [-0.15, -0.1) is 11.3 Å². The maximum Gasteiger partial charge on any atom is 0.141 e. The Kier molecular flexibility index (Phi) is 3.17. The fourth-order valence-electron chi connectivity index (χ4n) is 1.45. The Labute approximate surface area is 96.7 Å². The van der Waals surface area contributed by atoms with E-state index >= 15 is 0 Å². The minimum Gasteiger partial charge on any atom is -0.496 e. The molecule has 2 N–H and O–H groups in total. The average Bonchev–Trinajstić information content (AvgIpc) is 2.76. The number of nitrogens with zero attached hydrogens (tertiary/aromatic N) is 1. The van der Waals surface area contributed by atoms with Gasteiger partial charge in [-0.25, -0.2) is 4.39 Å². The predicted octanol–water partition coefficient (Wildman–Crippen LogP) is 2.34. The average molecular weight is 238 g/mol. The zero-order valence-corrected chi connectivity index (χ0v) is 9.50. The number of nitrogens with two attached hydrogens (primary N) is 1. The summed E-state index contributed by atoms with van der Waals surface area (Å²) in [7, 11) is 1.59. The predicted molar refractivity (Wildman–Crippen MR) is 61.1 cm³/mol. The molecule has 0 amide bonds. The van der Waals surface area contributed by atoms with Crippen LogP contribution in [0.5, 0.6) is 5.75 Å². The van der Waals surface area contributed by atoms with Gasteiger partial charge in [0.15, 0.2) is 0 Å². The summed E-state index contributed by atoms with van der Waals surface area (Å²) in [6.07, 6.45) is 2.72. The normalized spacial score (nSPS) is 12.4. The molecular weight excluding hydrogens is 227 g/mol. The number of hydrogen-bond donors (Lipinski definition) is 1. The second kappa shape index (κ2) is 4.59. The third-order valence-corrected chi connectivity index (χ3v) is 3.23. The van der Waals surface area contributed by atoms with Crippen LogP contribution in [0.4, 0.5) is 4.39 Å². The van der Waals surface area contributed by atoms with Gasteiger partial charge >= 0.3 is 0 Å². The molecule has 0 bridgehead atoms. The Morgan fingerprint density at radius 1 is 1.50 bits per heavy atom. The fraction of sp³-hybridized carbons (Fsp3) is 0.182. The molecule has 0 aromatic carbocycles. The van der Waals surface area contributed by atoms with Crippen LogP contribution in [0.2, 0.25) is 0 Å². The van der Waals surface area contributed by atoms with Crippen LogP contribution in [0.1, 0.15) is 16.5 Å². The Bertz CT molecular complexity index is 486. The number of ether oxygens (including phenoxy) is 1. The molecule has 2 heterocycles. The van der Waals surface area contributed by atoms with Crippen molar-refractivity contribution in [2.24, 2.45) is 5.73 Å². The lowest BCUT2D eigenvalue weighted by atomic mass is 10.1. The van der Waals surface area contributed by atoms with Crippen LogP contribution >= 0.6 is 11.3 Å². The van der Waals surface area contributed by atoms with Gasteiger partial charge < -0.3 is 10.5 Å². The lowest BCUT2D eigenvalue weighted by Crippen LogP contribution is -2.11. The van der Waals surface area contributed by atoms with E-state index in [0.29, 0.717) is 5.56 Å². The van der Waals surface area contributed by atoms with Gasteiger partial charge in [0.1, 0.15) is 11.6 Å². The van der Waals surface area contributed by atoms with Crippen molar-refractivity contribution in [1.29, 1.82) is 0 Å². The summed E-state index contributed by atoms with van der Waals surface area (Å²) >= 11 is 1.48. The number of hydrogen-bond acceptors (Lipinski definition) is 4. The number of thiophene rings is 1. The van der Waals surface area contributed by atoms with Crippen molar-refractivity contribution in [1.82, 2.24) is 4.98 Å². The standard InChI is InChI=1S/C11H11FN2OS/c1-15-9-2-3-16-11(9)10(13)7-4-8(12)6-14-5-7/h2-6,10H,13H2,1H3. The van der Waals surface area contributed by atoms with Crippen LogP contribution in [0, 0.1) is 5.82 Å². The summed E-state index contributed by atoms with van der Waals surface area (Å²) in [6.45, 7) is 0. The molecule has 3 nitrogen and oxygen atoms in total. The first-order valence-electron chi connectivity index (χ1n) is 4.69. The van der Waals surface area contributed by atoms with Gasteiger partial charge in [0.05, 0.1) is 24.2 Å². The first kappa shape index (κ1) is 11.0. The molecule has 5 heteroatoms. The molecule has 0 aliphatic rings. The highest BCUT2D eigenvalue weighted by Gasteiger charge is 2.16. The van der Waals surface area contributed by atoms with Gasteiger partial charge in [0.2, 0.25) is 0 Å². The summed E-state index contributed by atoms with van der Waals surface area (Å²) in [4.78, 5) is 4.65. The van der Waals surface area contributed by atoms with E-state index in [9.17, 15) is 4.39 Å². The van der Waals surface area contributed by atoms with E-state index in [1.807, 2.05) is 11.4 Å². The van der Waals surface area contributed by atoms with Crippen molar-refractivity contribution in [2.45, 2.75) is 6.04 Å². The second-order valence-electron chi connectivity index (χ2n) is 3.27. The molecule has 0 saturated heterocycles. The zero-order chi connectivity index (χ0) is 11.5. The molecular formula is C11H11FN2OS. The highest BCUT2D eigenvalue weighted by molar-refractivity contribution is 7.10. The molecule has 2 rings (SSSR count). The number of rotatable bonds is 3. The number of aromatic nitrogens is 1. The molecule has 0 radical (unpaired) electrons. The zero-order valence-electron chi connectivity index (χ0n) is 8.68. The third kappa shape index (κ3) is 2.05. The fourth-order valence-corrected chi connectivity index (χ4v) is 2.34. The lowest BCUT2D eigenvalue weighted by Gasteiger charge is -2.11. The summed E-state index contributed by atoms with van der Waals surface area (Å²) in [6, 6.07) is 2.82. The van der Waals surface area contributed by atoms with Crippen molar-refractivity contribution in [3.05, 3.63) is 46.2 Å². The Morgan fingerprint density at radius 2 is 2.31 bits per heavy atom. The molecule has 2 aromatic rings. The van der Waals surface area contributed by atoms with E-state index in [1.165, 1.54) is 17.4 Å². The van der Waals surface area contributed by atoms with Crippen molar-refractivity contribution in [3.8, 4) is 5.75 Å². The van der Waals surface area contributed by atoms with Gasteiger partial charge in [0, 0.05) is 6.20 Å². The highest BCUT2D eigenvalue weighted by Crippen LogP contribution is 2.32. The first-order chi connectivity index (χ1) is 7.72. The maximum atomic E-state index is 13.0. The van der Waals surface area contributed by atoms with Crippen LogP contribution in [0.3, 0.4) is 0 Å². The van der Waals surface area contributed by atoms with Crippen LogP contribution in [0.15, 0.2) is 29.9 Å². The molecule has 0 aliphatic carbocycles. The Balaban J connectivity index is 2.35. The quantitative estimate of drug-likeness (QED) is 0.892. The summed E-state index contributed by atoms with van der Waals surface area (Å²) in [5, 5.41) is 1.89.